The van der Waals surface area contributed by atoms with Crippen LogP contribution in [0.15, 0.2) is 47.5 Å². The first-order valence-electron chi connectivity index (χ1n) is 6.59. The van der Waals surface area contributed by atoms with E-state index in [1.54, 1.807) is 24.4 Å². The van der Waals surface area contributed by atoms with E-state index in [-0.39, 0.29) is 11.9 Å². The lowest BCUT2D eigenvalue weighted by molar-refractivity contribution is 0.0973. The monoisotopic (exact) mass is 303 g/mol. The molecule has 2 aromatic carbocycles. The molecular formula is C16H14ClNO3. The minimum atomic E-state index is -0.141. The predicted octanol–water partition coefficient (Wildman–Crippen LogP) is 3.30. The number of phenolic OH excluding ortho intramolecular Hbond substituents is 1. The molecule has 1 atom stereocenters. The summed E-state index contributed by atoms with van der Waals surface area (Å²) < 4.78 is 11.4. The van der Waals surface area contributed by atoms with Gasteiger partial charge < -0.3 is 14.6 Å². The second-order valence-electron chi connectivity index (χ2n) is 4.69. The van der Waals surface area contributed by atoms with Crippen molar-refractivity contribution in [3.63, 3.8) is 0 Å². The molecule has 2 aromatic rings. The Morgan fingerprint density at radius 3 is 2.90 bits per heavy atom. The maximum atomic E-state index is 9.70. The van der Waals surface area contributed by atoms with Gasteiger partial charge in [-0.3, -0.25) is 4.99 Å². The summed E-state index contributed by atoms with van der Waals surface area (Å²) in [6.07, 6.45) is 1.45. The number of hydrogen-bond donors (Lipinski definition) is 1. The second-order valence-corrected chi connectivity index (χ2v) is 5.13. The third kappa shape index (κ3) is 3.28. The van der Waals surface area contributed by atoms with Gasteiger partial charge in [-0.15, -0.1) is 0 Å². The van der Waals surface area contributed by atoms with Gasteiger partial charge in [0.25, 0.3) is 0 Å². The molecule has 0 aliphatic carbocycles. The van der Waals surface area contributed by atoms with Crippen molar-refractivity contribution in [2.24, 2.45) is 4.99 Å². The van der Waals surface area contributed by atoms with E-state index in [0.29, 0.717) is 23.7 Å². The zero-order valence-electron chi connectivity index (χ0n) is 11.2. The van der Waals surface area contributed by atoms with Gasteiger partial charge in [0.05, 0.1) is 6.54 Å². The number of para-hydroxylation sites is 2. The van der Waals surface area contributed by atoms with Gasteiger partial charge in [-0.2, -0.15) is 0 Å². The fourth-order valence-electron chi connectivity index (χ4n) is 2.05. The van der Waals surface area contributed by atoms with Crippen LogP contribution in [0.25, 0.3) is 0 Å². The third-order valence-electron chi connectivity index (χ3n) is 3.10. The molecule has 1 aliphatic rings. The average molecular weight is 304 g/mol. The van der Waals surface area contributed by atoms with E-state index in [0.717, 1.165) is 11.5 Å². The zero-order valence-corrected chi connectivity index (χ0v) is 12.0. The molecular weight excluding hydrogens is 290 g/mol. The second kappa shape index (κ2) is 6.06. The summed E-state index contributed by atoms with van der Waals surface area (Å²) in [7, 11) is 0. The molecule has 1 heterocycles. The van der Waals surface area contributed by atoms with Crippen LogP contribution in [0.2, 0.25) is 5.02 Å². The average Bonchev–Trinajstić information content (AvgIpc) is 2.50. The summed E-state index contributed by atoms with van der Waals surface area (Å²) in [5.74, 6) is 1.63. The van der Waals surface area contributed by atoms with Gasteiger partial charge in [0.2, 0.25) is 0 Å². The molecule has 0 amide bonds. The molecule has 21 heavy (non-hydrogen) atoms. The molecule has 108 valence electrons. The molecule has 0 saturated heterocycles. The number of aliphatic imine (C=N–C) groups is 1. The van der Waals surface area contributed by atoms with Gasteiger partial charge >= 0.3 is 0 Å². The fraction of sp³-hybridized carbons (Fsp3) is 0.188. The lowest BCUT2D eigenvalue weighted by Crippen LogP contribution is -2.31. The molecule has 0 aromatic heterocycles. The first-order chi connectivity index (χ1) is 10.2. The third-order valence-corrected chi connectivity index (χ3v) is 3.33. The van der Waals surface area contributed by atoms with E-state index in [1.165, 1.54) is 0 Å². The van der Waals surface area contributed by atoms with Crippen molar-refractivity contribution >= 4 is 17.8 Å². The maximum absolute atomic E-state index is 9.70. The smallest absolute Gasteiger partial charge is 0.161 e. The van der Waals surface area contributed by atoms with Gasteiger partial charge in [-0.25, -0.2) is 0 Å². The number of ether oxygens (including phenoxy) is 2. The van der Waals surface area contributed by atoms with Crippen LogP contribution in [0.5, 0.6) is 17.2 Å². The quantitative estimate of drug-likeness (QED) is 0.885. The Morgan fingerprint density at radius 1 is 1.24 bits per heavy atom. The number of phenols is 1. The van der Waals surface area contributed by atoms with Crippen LogP contribution in [0.4, 0.5) is 0 Å². The number of benzene rings is 2. The standard InChI is InChI=1S/C16H14ClNO3/c17-12-5-6-14(19)11(7-12)8-18-9-13-10-20-15-3-1-2-4-16(15)21-13/h1-8,13,19H,9-10H2/t13-/m1/s1. The van der Waals surface area contributed by atoms with Crippen molar-refractivity contribution in [2.75, 3.05) is 13.2 Å². The first kappa shape index (κ1) is 13.8. The molecule has 0 unspecified atom stereocenters. The topological polar surface area (TPSA) is 51.1 Å². The highest BCUT2D eigenvalue weighted by atomic mass is 35.5. The molecule has 0 bridgehead atoms. The summed E-state index contributed by atoms with van der Waals surface area (Å²) in [6.45, 7) is 0.899. The molecule has 0 saturated carbocycles. The summed E-state index contributed by atoms with van der Waals surface area (Å²) in [5.41, 5.74) is 0.583. The van der Waals surface area contributed by atoms with Gasteiger partial charge in [-0.05, 0) is 30.3 Å². The fourth-order valence-corrected chi connectivity index (χ4v) is 2.23. The minimum absolute atomic E-state index is 0.141. The normalized spacial score (nSPS) is 17.1. The summed E-state index contributed by atoms with van der Waals surface area (Å²) in [4.78, 5) is 4.29. The molecule has 0 fully saturated rings. The van der Waals surface area contributed by atoms with Crippen molar-refractivity contribution in [1.29, 1.82) is 0 Å². The van der Waals surface area contributed by atoms with Crippen molar-refractivity contribution in [3.8, 4) is 17.2 Å². The lowest BCUT2D eigenvalue weighted by Gasteiger charge is -2.25. The molecule has 1 N–H and O–H groups in total. The first-order valence-corrected chi connectivity index (χ1v) is 6.97. The maximum Gasteiger partial charge on any atom is 0.161 e. The summed E-state index contributed by atoms with van der Waals surface area (Å²) in [5, 5.41) is 10.3. The van der Waals surface area contributed by atoms with E-state index in [4.69, 9.17) is 21.1 Å². The lowest BCUT2D eigenvalue weighted by atomic mass is 10.2. The van der Waals surface area contributed by atoms with Crippen LogP contribution < -0.4 is 9.47 Å². The highest BCUT2D eigenvalue weighted by molar-refractivity contribution is 6.30. The summed E-state index contributed by atoms with van der Waals surface area (Å²) in [6, 6.07) is 12.4. The van der Waals surface area contributed by atoms with Crippen molar-refractivity contribution < 1.29 is 14.6 Å². The molecule has 5 heteroatoms. The van der Waals surface area contributed by atoms with Crippen LogP contribution in [0, 0.1) is 0 Å². The predicted molar refractivity (Wildman–Crippen MR) is 81.9 cm³/mol. The molecule has 0 radical (unpaired) electrons. The van der Waals surface area contributed by atoms with E-state index < -0.39 is 0 Å². The van der Waals surface area contributed by atoms with Gasteiger partial charge in [0.15, 0.2) is 17.6 Å². The van der Waals surface area contributed by atoms with Crippen LogP contribution in [0.3, 0.4) is 0 Å². The number of nitrogens with zero attached hydrogens (tertiary/aromatic N) is 1. The minimum Gasteiger partial charge on any atom is -0.507 e. The molecule has 1 aliphatic heterocycles. The Hall–Kier alpha value is -2.20. The number of fused-ring (bicyclic) bond motifs is 1. The summed E-state index contributed by atoms with van der Waals surface area (Å²) >= 11 is 5.88. The van der Waals surface area contributed by atoms with Crippen LogP contribution >= 0.6 is 11.6 Å². The Morgan fingerprint density at radius 2 is 2.05 bits per heavy atom. The Bertz CT molecular complexity index is 672. The van der Waals surface area contributed by atoms with E-state index in [2.05, 4.69) is 4.99 Å². The largest absolute Gasteiger partial charge is 0.507 e. The highest BCUT2D eigenvalue weighted by Gasteiger charge is 2.19. The zero-order chi connectivity index (χ0) is 14.7. The molecule has 4 nitrogen and oxygen atoms in total. The van der Waals surface area contributed by atoms with Crippen LogP contribution in [-0.4, -0.2) is 30.6 Å². The van der Waals surface area contributed by atoms with Crippen molar-refractivity contribution in [1.82, 2.24) is 0 Å². The van der Waals surface area contributed by atoms with Gasteiger partial charge in [-0.1, -0.05) is 23.7 Å². The Labute approximate surface area is 127 Å². The number of hydrogen-bond acceptors (Lipinski definition) is 4. The van der Waals surface area contributed by atoms with Crippen LogP contribution in [0.1, 0.15) is 5.56 Å². The number of halogens is 1. The van der Waals surface area contributed by atoms with Crippen molar-refractivity contribution in [2.45, 2.75) is 6.10 Å². The highest BCUT2D eigenvalue weighted by Crippen LogP contribution is 2.30. The van der Waals surface area contributed by atoms with E-state index in [9.17, 15) is 5.11 Å². The Balaban J connectivity index is 1.64. The van der Waals surface area contributed by atoms with E-state index in [1.807, 2.05) is 24.3 Å². The van der Waals surface area contributed by atoms with Crippen molar-refractivity contribution in [3.05, 3.63) is 53.1 Å². The Kier molecular flexibility index (Phi) is 3.97. The van der Waals surface area contributed by atoms with Gasteiger partial charge in [0.1, 0.15) is 12.4 Å². The van der Waals surface area contributed by atoms with Crippen LogP contribution in [-0.2, 0) is 0 Å². The SMILES string of the molecule is Oc1ccc(Cl)cc1C=NC[C@@H]1COc2ccccc2O1. The molecule has 3 rings (SSSR count). The molecule has 0 spiro atoms. The van der Waals surface area contributed by atoms with Gasteiger partial charge in [0, 0.05) is 16.8 Å². The number of rotatable bonds is 3. The number of aromatic hydroxyl groups is 1. The van der Waals surface area contributed by atoms with E-state index >= 15 is 0 Å².